The molecule has 4 N–H and O–H groups in total. The number of nitrogens with two attached hydrogens (primary N) is 2. The zero-order valence-corrected chi connectivity index (χ0v) is 20.9. The van der Waals surface area contributed by atoms with Crippen LogP contribution < -0.4 is 11.5 Å². The second kappa shape index (κ2) is 13.0. The Balaban J connectivity index is 1.43. The number of carbonyl (C=O) groups excluding carboxylic acids is 2. The van der Waals surface area contributed by atoms with E-state index < -0.39 is 5.97 Å². The van der Waals surface area contributed by atoms with E-state index in [4.69, 9.17) is 20.9 Å². The van der Waals surface area contributed by atoms with E-state index in [-0.39, 0.29) is 24.6 Å². The minimum Gasteiger partial charge on any atom is -0.462 e. The van der Waals surface area contributed by atoms with Gasteiger partial charge in [-0.25, -0.2) is 9.59 Å². The number of hydrogen-bond donors (Lipinski definition) is 2. The van der Waals surface area contributed by atoms with Gasteiger partial charge in [0.1, 0.15) is 6.10 Å². The minimum atomic E-state index is -0.438. The van der Waals surface area contributed by atoms with Crippen LogP contribution in [0.2, 0.25) is 0 Å². The summed E-state index contributed by atoms with van der Waals surface area (Å²) in [4.78, 5) is 24.7. The maximum atomic E-state index is 12.5. The summed E-state index contributed by atoms with van der Waals surface area (Å²) < 4.78 is 11.1. The molecule has 0 amide bonds. The van der Waals surface area contributed by atoms with Gasteiger partial charge in [-0.1, -0.05) is 45.2 Å². The lowest BCUT2D eigenvalue weighted by molar-refractivity contribution is -0.138. The molecule has 0 aromatic heterocycles. The lowest BCUT2D eigenvalue weighted by Gasteiger charge is -2.28. The van der Waals surface area contributed by atoms with Crippen LogP contribution >= 0.6 is 0 Å². The molecule has 1 unspecified atom stereocenters. The Kier molecular flexibility index (Phi) is 9.76. The molecule has 0 aliphatic heterocycles. The maximum absolute atomic E-state index is 12.5. The molecule has 6 heteroatoms. The number of anilines is 2. The fraction of sp³-hybridized carbons (Fsp3) is 0.448. The zero-order valence-electron chi connectivity index (χ0n) is 20.9. The quantitative estimate of drug-likeness (QED) is 0.242. The Bertz CT molecular complexity index is 988. The summed E-state index contributed by atoms with van der Waals surface area (Å²) in [6, 6.07) is 12.4. The predicted molar refractivity (Wildman–Crippen MR) is 141 cm³/mol. The van der Waals surface area contributed by atoms with Gasteiger partial charge in [0.25, 0.3) is 0 Å². The number of hydrogen-bond acceptors (Lipinski definition) is 6. The number of ether oxygens (including phenoxy) is 2. The van der Waals surface area contributed by atoms with Gasteiger partial charge in [-0.3, -0.25) is 0 Å². The summed E-state index contributed by atoms with van der Waals surface area (Å²) in [5, 5.41) is 0. The Morgan fingerprint density at radius 2 is 1.69 bits per heavy atom. The van der Waals surface area contributed by atoms with E-state index in [1.54, 1.807) is 36.4 Å². The first-order chi connectivity index (χ1) is 16.8. The molecule has 1 aliphatic rings. The normalized spacial score (nSPS) is 18.8. The third-order valence-corrected chi connectivity index (χ3v) is 6.64. The highest BCUT2D eigenvalue weighted by atomic mass is 16.5. The standard InChI is InChI=1S/C29H38N2O4/c1-3-4-5-21-8-13-27(14-9-21)35-29(33)23-11-6-22(7-12-23)10-15-28(32)34-19-20(2)24-16-25(30)18-26(31)17-24/h6-7,10-12,15-18,20-21,27H,3-5,8-9,13-14,19,30-31H2,1-2H3/b15-10+. The summed E-state index contributed by atoms with van der Waals surface area (Å²) in [7, 11) is 0. The SMILES string of the molecule is CCCCC1CCC(OC(=O)c2ccc(/C=C/C(=O)OCC(C)c3cc(N)cc(N)c3)cc2)CC1. The fourth-order valence-corrected chi connectivity index (χ4v) is 4.48. The van der Waals surface area contributed by atoms with Crippen molar-refractivity contribution in [3.63, 3.8) is 0 Å². The number of esters is 2. The Morgan fingerprint density at radius 1 is 1.03 bits per heavy atom. The third kappa shape index (κ3) is 8.46. The predicted octanol–water partition coefficient (Wildman–Crippen LogP) is 6.12. The van der Waals surface area contributed by atoms with Crippen molar-refractivity contribution < 1.29 is 19.1 Å². The third-order valence-electron chi connectivity index (χ3n) is 6.64. The van der Waals surface area contributed by atoms with Gasteiger partial charge >= 0.3 is 11.9 Å². The van der Waals surface area contributed by atoms with Gasteiger partial charge in [0.2, 0.25) is 0 Å². The van der Waals surface area contributed by atoms with Crippen LogP contribution in [0.4, 0.5) is 11.4 Å². The van der Waals surface area contributed by atoms with Gasteiger partial charge in [-0.05, 0) is 79.1 Å². The molecule has 188 valence electrons. The molecule has 3 rings (SSSR count). The molecular formula is C29H38N2O4. The molecule has 6 nitrogen and oxygen atoms in total. The average molecular weight is 479 g/mol. The van der Waals surface area contributed by atoms with Gasteiger partial charge in [0.15, 0.2) is 0 Å². The number of carbonyl (C=O) groups is 2. The van der Waals surface area contributed by atoms with Crippen molar-refractivity contribution in [2.45, 2.75) is 70.8 Å². The molecule has 0 saturated heterocycles. The number of rotatable bonds is 10. The highest BCUT2D eigenvalue weighted by Gasteiger charge is 2.24. The molecule has 1 atom stereocenters. The van der Waals surface area contributed by atoms with Crippen LogP contribution in [0.5, 0.6) is 0 Å². The van der Waals surface area contributed by atoms with E-state index in [0.717, 1.165) is 42.7 Å². The summed E-state index contributed by atoms with van der Waals surface area (Å²) >= 11 is 0. The Labute approximate surface area is 208 Å². The van der Waals surface area contributed by atoms with E-state index in [1.165, 1.54) is 25.3 Å². The van der Waals surface area contributed by atoms with E-state index >= 15 is 0 Å². The van der Waals surface area contributed by atoms with E-state index in [2.05, 4.69) is 6.92 Å². The van der Waals surface area contributed by atoms with Crippen molar-refractivity contribution in [3.8, 4) is 0 Å². The van der Waals surface area contributed by atoms with Gasteiger partial charge in [-0.15, -0.1) is 0 Å². The lowest BCUT2D eigenvalue weighted by Crippen LogP contribution is -2.24. The summed E-state index contributed by atoms with van der Waals surface area (Å²) in [5.74, 6) is 0.0246. The Morgan fingerprint density at radius 3 is 2.31 bits per heavy atom. The van der Waals surface area contributed by atoms with E-state index in [1.807, 2.05) is 19.1 Å². The second-order valence-electron chi connectivity index (χ2n) is 9.61. The molecule has 0 spiro atoms. The molecule has 1 fully saturated rings. The monoisotopic (exact) mass is 478 g/mol. The molecule has 2 aromatic carbocycles. The first-order valence-corrected chi connectivity index (χ1v) is 12.7. The van der Waals surface area contributed by atoms with E-state index in [0.29, 0.717) is 16.9 Å². The van der Waals surface area contributed by atoms with Gasteiger partial charge in [0, 0.05) is 23.4 Å². The molecule has 1 aliphatic carbocycles. The molecular weight excluding hydrogens is 440 g/mol. The zero-order chi connectivity index (χ0) is 25.2. The highest BCUT2D eigenvalue weighted by Crippen LogP contribution is 2.30. The maximum Gasteiger partial charge on any atom is 0.338 e. The fourth-order valence-electron chi connectivity index (χ4n) is 4.48. The van der Waals surface area contributed by atoms with Crippen LogP contribution in [-0.2, 0) is 14.3 Å². The minimum absolute atomic E-state index is 0.0147. The number of unbranched alkanes of at least 4 members (excludes halogenated alkanes) is 1. The Hall–Kier alpha value is -3.28. The van der Waals surface area contributed by atoms with E-state index in [9.17, 15) is 9.59 Å². The first-order valence-electron chi connectivity index (χ1n) is 12.7. The first kappa shape index (κ1) is 26.3. The van der Waals surface area contributed by atoms with Crippen LogP contribution in [0.15, 0.2) is 48.5 Å². The number of benzene rings is 2. The van der Waals surface area contributed by atoms with Crippen LogP contribution in [0.1, 0.15) is 86.2 Å². The smallest absolute Gasteiger partial charge is 0.338 e. The van der Waals surface area contributed by atoms with Crippen LogP contribution in [0.25, 0.3) is 6.08 Å². The highest BCUT2D eigenvalue weighted by molar-refractivity contribution is 5.90. The van der Waals surface area contributed by atoms with Gasteiger partial charge in [0.05, 0.1) is 12.2 Å². The molecule has 0 heterocycles. The molecule has 1 saturated carbocycles. The van der Waals surface area contributed by atoms with Crippen molar-refractivity contribution in [2.24, 2.45) is 5.92 Å². The molecule has 0 bridgehead atoms. The van der Waals surface area contributed by atoms with Crippen molar-refractivity contribution in [1.29, 1.82) is 0 Å². The number of nitrogen functional groups attached to an aromatic ring is 2. The van der Waals surface area contributed by atoms with Crippen LogP contribution in [0, 0.1) is 5.92 Å². The van der Waals surface area contributed by atoms with Crippen LogP contribution in [-0.4, -0.2) is 24.6 Å². The average Bonchev–Trinajstić information content (AvgIpc) is 2.85. The largest absolute Gasteiger partial charge is 0.462 e. The molecule has 0 radical (unpaired) electrons. The van der Waals surface area contributed by atoms with Gasteiger partial charge in [-0.2, -0.15) is 0 Å². The molecule has 2 aromatic rings. The van der Waals surface area contributed by atoms with Crippen molar-refractivity contribution in [2.75, 3.05) is 18.1 Å². The van der Waals surface area contributed by atoms with Crippen LogP contribution in [0.3, 0.4) is 0 Å². The summed E-state index contributed by atoms with van der Waals surface area (Å²) in [6.45, 7) is 4.39. The van der Waals surface area contributed by atoms with Gasteiger partial charge < -0.3 is 20.9 Å². The molecule has 35 heavy (non-hydrogen) atoms. The van der Waals surface area contributed by atoms with Crippen molar-refractivity contribution >= 4 is 29.4 Å². The summed E-state index contributed by atoms with van der Waals surface area (Å²) in [6.07, 6.45) is 11.1. The van der Waals surface area contributed by atoms with Crippen molar-refractivity contribution in [1.82, 2.24) is 0 Å². The lowest BCUT2D eigenvalue weighted by atomic mass is 9.84. The second-order valence-corrected chi connectivity index (χ2v) is 9.61. The summed E-state index contributed by atoms with van der Waals surface area (Å²) in [5.41, 5.74) is 15.1. The topological polar surface area (TPSA) is 105 Å². The van der Waals surface area contributed by atoms with Crippen molar-refractivity contribution in [3.05, 3.63) is 65.2 Å².